The molecule has 0 aromatic heterocycles. The Kier molecular flexibility index (Phi) is 4.08. The summed E-state index contributed by atoms with van der Waals surface area (Å²) in [5, 5.41) is 10.9. The summed E-state index contributed by atoms with van der Waals surface area (Å²) in [7, 11) is 0. The SMILES string of the molecule is NCC1CN(C(=O)c2ccccc2[N+](=O)[O-])CCO1. The number of nitrogens with two attached hydrogens (primary N) is 1. The molecule has 1 aromatic rings. The molecule has 1 atom stereocenters. The topological polar surface area (TPSA) is 98.7 Å². The van der Waals surface area contributed by atoms with Crippen molar-refractivity contribution in [1.82, 2.24) is 4.90 Å². The van der Waals surface area contributed by atoms with Crippen molar-refractivity contribution in [1.29, 1.82) is 0 Å². The molecule has 0 saturated carbocycles. The number of carbonyl (C=O) groups excluding carboxylic acids is 1. The lowest BCUT2D eigenvalue weighted by Gasteiger charge is -2.32. The number of amides is 1. The molecule has 0 bridgehead atoms. The molecule has 1 unspecified atom stereocenters. The van der Waals surface area contributed by atoms with Gasteiger partial charge in [-0.2, -0.15) is 0 Å². The van der Waals surface area contributed by atoms with Gasteiger partial charge in [0.25, 0.3) is 11.6 Å². The van der Waals surface area contributed by atoms with E-state index >= 15 is 0 Å². The number of nitro groups is 1. The molecular weight excluding hydrogens is 250 g/mol. The average Bonchev–Trinajstić information content (AvgIpc) is 2.46. The molecular formula is C12H15N3O4. The minimum atomic E-state index is -0.548. The van der Waals surface area contributed by atoms with Gasteiger partial charge in [-0.3, -0.25) is 14.9 Å². The fourth-order valence-electron chi connectivity index (χ4n) is 2.03. The molecule has 0 aliphatic carbocycles. The van der Waals surface area contributed by atoms with E-state index in [4.69, 9.17) is 10.5 Å². The van der Waals surface area contributed by atoms with Gasteiger partial charge in [0.05, 0.1) is 17.6 Å². The minimum absolute atomic E-state index is 0.102. The van der Waals surface area contributed by atoms with Crippen molar-refractivity contribution in [2.45, 2.75) is 6.10 Å². The molecule has 7 nitrogen and oxygen atoms in total. The molecule has 1 amide bonds. The Morgan fingerprint density at radius 1 is 1.53 bits per heavy atom. The summed E-state index contributed by atoms with van der Waals surface area (Å²) in [5.74, 6) is -0.353. The third-order valence-corrected chi connectivity index (χ3v) is 3.02. The van der Waals surface area contributed by atoms with Crippen LogP contribution in [-0.4, -0.2) is 48.1 Å². The average molecular weight is 265 g/mol. The summed E-state index contributed by atoms with van der Waals surface area (Å²) in [6.45, 7) is 1.50. The van der Waals surface area contributed by atoms with Crippen LogP contribution in [-0.2, 0) is 4.74 Å². The number of nitrogens with zero attached hydrogens (tertiary/aromatic N) is 2. The molecule has 7 heteroatoms. The highest BCUT2D eigenvalue weighted by Gasteiger charge is 2.28. The number of benzene rings is 1. The number of hydrogen-bond acceptors (Lipinski definition) is 5. The highest BCUT2D eigenvalue weighted by Crippen LogP contribution is 2.20. The normalized spacial score (nSPS) is 19.2. The van der Waals surface area contributed by atoms with Gasteiger partial charge in [-0.25, -0.2) is 0 Å². The van der Waals surface area contributed by atoms with Crippen molar-refractivity contribution in [3.8, 4) is 0 Å². The van der Waals surface area contributed by atoms with Crippen LogP contribution in [0.25, 0.3) is 0 Å². The van der Waals surface area contributed by atoms with Gasteiger partial charge in [-0.15, -0.1) is 0 Å². The lowest BCUT2D eigenvalue weighted by Crippen LogP contribution is -2.48. The largest absolute Gasteiger partial charge is 0.373 e. The molecule has 0 radical (unpaired) electrons. The predicted molar refractivity (Wildman–Crippen MR) is 67.8 cm³/mol. The maximum Gasteiger partial charge on any atom is 0.282 e. The molecule has 0 spiro atoms. The van der Waals surface area contributed by atoms with Crippen molar-refractivity contribution in [2.24, 2.45) is 5.73 Å². The van der Waals surface area contributed by atoms with Crippen LogP contribution >= 0.6 is 0 Å². The Morgan fingerprint density at radius 2 is 2.26 bits per heavy atom. The summed E-state index contributed by atoms with van der Waals surface area (Å²) in [5.41, 5.74) is 5.44. The van der Waals surface area contributed by atoms with E-state index in [9.17, 15) is 14.9 Å². The predicted octanol–water partition coefficient (Wildman–Crippen LogP) is 0.395. The van der Waals surface area contributed by atoms with E-state index in [2.05, 4.69) is 0 Å². The van der Waals surface area contributed by atoms with Crippen LogP contribution < -0.4 is 5.73 Å². The monoisotopic (exact) mass is 265 g/mol. The highest BCUT2D eigenvalue weighted by molar-refractivity contribution is 5.98. The molecule has 19 heavy (non-hydrogen) atoms. The van der Waals surface area contributed by atoms with Crippen LogP contribution in [0.5, 0.6) is 0 Å². The van der Waals surface area contributed by atoms with E-state index in [1.54, 1.807) is 11.0 Å². The standard InChI is InChI=1S/C12H15N3O4/c13-7-9-8-14(5-6-19-9)12(16)10-3-1-2-4-11(10)15(17)18/h1-4,9H,5-8,13H2. The van der Waals surface area contributed by atoms with Gasteiger partial charge in [0, 0.05) is 25.7 Å². The first kappa shape index (κ1) is 13.4. The first-order valence-electron chi connectivity index (χ1n) is 5.98. The van der Waals surface area contributed by atoms with Crippen LogP contribution in [0.1, 0.15) is 10.4 Å². The molecule has 1 aliphatic heterocycles. The summed E-state index contributed by atoms with van der Waals surface area (Å²) in [6, 6.07) is 5.94. The second-order valence-electron chi connectivity index (χ2n) is 4.25. The number of ether oxygens (including phenoxy) is 1. The van der Waals surface area contributed by atoms with Gasteiger partial charge in [-0.1, -0.05) is 12.1 Å². The fraction of sp³-hybridized carbons (Fsp3) is 0.417. The fourth-order valence-corrected chi connectivity index (χ4v) is 2.03. The van der Waals surface area contributed by atoms with Crippen LogP contribution in [0.3, 0.4) is 0 Å². The maximum atomic E-state index is 12.3. The third-order valence-electron chi connectivity index (χ3n) is 3.02. The molecule has 102 valence electrons. The van der Waals surface area contributed by atoms with Crippen molar-refractivity contribution in [3.63, 3.8) is 0 Å². The van der Waals surface area contributed by atoms with Crippen molar-refractivity contribution in [2.75, 3.05) is 26.2 Å². The number of hydrogen-bond donors (Lipinski definition) is 1. The van der Waals surface area contributed by atoms with E-state index in [1.165, 1.54) is 18.2 Å². The lowest BCUT2D eigenvalue weighted by atomic mass is 10.1. The van der Waals surface area contributed by atoms with Crippen LogP contribution in [0.15, 0.2) is 24.3 Å². The smallest absolute Gasteiger partial charge is 0.282 e. The number of rotatable bonds is 3. The number of morpholine rings is 1. The Bertz CT molecular complexity index is 492. The Morgan fingerprint density at radius 3 is 2.95 bits per heavy atom. The molecule has 2 N–H and O–H groups in total. The van der Waals surface area contributed by atoms with Crippen LogP contribution in [0.4, 0.5) is 5.69 Å². The second kappa shape index (κ2) is 5.77. The van der Waals surface area contributed by atoms with Crippen molar-refractivity contribution >= 4 is 11.6 Å². The molecule has 1 aliphatic rings. The van der Waals surface area contributed by atoms with E-state index in [0.717, 1.165) is 0 Å². The van der Waals surface area contributed by atoms with Gasteiger partial charge in [0.15, 0.2) is 0 Å². The zero-order chi connectivity index (χ0) is 13.8. The summed E-state index contributed by atoms with van der Waals surface area (Å²) < 4.78 is 5.37. The van der Waals surface area contributed by atoms with Crippen LogP contribution in [0.2, 0.25) is 0 Å². The number of para-hydroxylation sites is 1. The molecule has 1 heterocycles. The van der Waals surface area contributed by atoms with Gasteiger partial charge in [0.2, 0.25) is 0 Å². The zero-order valence-corrected chi connectivity index (χ0v) is 10.3. The van der Waals surface area contributed by atoms with Gasteiger partial charge in [-0.05, 0) is 6.07 Å². The van der Waals surface area contributed by atoms with E-state index in [-0.39, 0.29) is 23.3 Å². The zero-order valence-electron chi connectivity index (χ0n) is 10.3. The summed E-state index contributed by atoms with van der Waals surface area (Å²) in [6.07, 6.45) is -0.208. The highest BCUT2D eigenvalue weighted by atomic mass is 16.6. The van der Waals surface area contributed by atoms with Gasteiger partial charge >= 0.3 is 0 Å². The number of carbonyl (C=O) groups is 1. The minimum Gasteiger partial charge on any atom is -0.373 e. The summed E-state index contributed by atoms with van der Waals surface area (Å²) in [4.78, 5) is 24.2. The molecule has 2 rings (SSSR count). The van der Waals surface area contributed by atoms with E-state index in [0.29, 0.717) is 26.2 Å². The van der Waals surface area contributed by atoms with Gasteiger partial charge < -0.3 is 15.4 Å². The van der Waals surface area contributed by atoms with Gasteiger partial charge in [0.1, 0.15) is 5.56 Å². The quantitative estimate of drug-likeness (QED) is 0.629. The third kappa shape index (κ3) is 2.88. The first-order valence-corrected chi connectivity index (χ1v) is 5.98. The molecule has 1 fully saturated rings. The maximum absolute atomic E-state index is 12.3. The Labute approximate surface area is 110 Å². The summed E-state index contributed by atoms with van der Waals surface area (Å²) >= 11 is 0. The molecule has 1 saturated heterocycles. The van der Waals surface area contributed by atoms with Crippen molar-refractivity contribution in [3.05, 3.63) is 39.9 Å². The Balaban J connectivity index is 2.22. The number of nitro benzene ring substituents is 1. The van der Waals surface area contributed by atoms with Crippen molar-refractivity contribution < 1.29 is 14.5 Å². The Hall–Kier alpha value is -1.99. The van der Waals surface area contributed by atoms with E-state index in [1.807, 2.05) is 0 Å². The van der Waals surface area contributed by atoms with Crippen LogP contribution in [0, 0.1) is 10.1 Å². The van der Waals surface area contributed by atoms with E-state index < -0.39 is 4.92 Å². The lowest BCUT2D eigenvalue weighted by molar-refractivity contribution is -0.385. The second-order valence-corrected chi connectivity index (χ2v) is 4.25. The first-order chi connectivity index (χ1) is 9.13. The molecule has 1 aromatic carbocycles.